The Bertz CT molecular complexity index is 643. The number of ether oxygens (including phenoxy) is 3. The molecular weight excluding hydrogens is 338 g/mol. The fourth-order valence-electron chi connectivity index (χ4n) is 3.45. The van der Waals surface area contributed by atoms with Crippen molar-refractivity contribution in [2.24, 2.45) is 5.41 Å². The third-order valence-electron chi connectivity index (χ3n) is 4.90. The van der Waals surface area contributed by atoms with Crippen LogP contribution in [0.2, 0.25) is 0 Å². The van der Waals surface area contributed by atoms with Gasteiger partial charge in [0, 0.05) is 26.6 Å². The number of benzene rings is 1. The molecule has 1 unspecified atom stereocenters. The Hall–Kier alpha value is -2.28. The molecule has 1 amide bonds. The maximum atomic E-state index is 12.7. The van der Waals surface area contributed by atoms with Gasteiger partial charge in [-0.15, -0.1) is 0 Å². The molecule has 1 aliphatic rings. The zero-order valence-electron chi connectivity index (χ0n) is 15.6. The third kappa shape index (κ3) is 4.46. The highest BCUT2D eigenvalue weighted by molar-refractivity contribution is 5.80. The van der Waals surface area contributed by atoms with Crippen LogP contribution in [0.5, 0.6) is 11.5 Å². The van der Waals surface area contributed by atoms with Crippen LogP contribution in [0, 0.1) is 5.41 Å². The molecule has 1 aliphatic heterocycles. The number of hydrogen-bond acceptors (Lipinski definition) is 5. The van der Waals surface area contributed by atoms with Crippen LogP contribution >= 0.6 is 0 Å². The Morgan fingerprint density at radius 2 is 2.00 bits per heavy atom. The Kier molecular flexibility index (Phi) is 6.85. The van der Waals surface area contributed by atoms with Gasteiger partial charge >= 0.3 is 5.97 Å². The molecule has 7 nitrogen and oxygen atoms in total. The number of carbonyl (C=O) groups is 2. The van der Waals surface area contributed by atoms with Gasteiger partial charge in [-0.25, -0.2) is 0 Å². The van der Waals surface area contributed by atoms with Crippen LogP contribution in [0.25, 0.3) is 0 Å². The average Bonchev–Trinajstić information content (AvgIpc) is 2.66. The van der Waals surface area contributed by atoms with Gasteiger partial charge < -0.3 is 24.2 Å². The van der Waals surface area contributed by atoms with Gasteiger partial charge in [0.15, 0.2) is 0 Å². The van der Waals surface area contributed by atoms with Crippen LogP contribution in [0.15, 0.2) is 18.2 Å². The number of hydrogen-bond donors (Lipinski definition) is 1. The minimum atomic E-state index is -1.02. The Balaban J connectivity index is 2.05. The molecule has 0 saturated carbocycles. The molecule has 1 atom stereocenters. The molecule has 0 aliphatic carbocycles. The number of aryl methyl sites for hydroxylation is 1. The number of rotatable bonds is 8. The highest BCUT2D eigenvalue weighted by Crippen LogP contribution is 2.32. The van der Waals surface area contributed by atoms with Crippen molar-refractivity contribution in [2.75, 3.05) is 41.0 Å². The first kappa shape index (κ1) is 20.0. The van der Waals surface area contributed by atoms with Crippen LogP contribution < -0.4 is 9.47 Å². The lowest BCUT2D eigenvalue weighted by atomic mass is 9.80. The zero-order chi connectivity index (χ0) is 19.2. The predicted molar refractivity (Wildman–Crippen MR) is 95.6 cm³/mol. The van der Waals surface area contributed by atoms with Crippen LogP contribution in [-0.2, 0) is 20.7 Å². The summed E-state index contributed by atoms with van der Waals surface area (Å²) >= 11 is 0. The lowest BCUT2D eigenvalue weighted by molar-refractivity contribution is -0.159. The second-order valence-corrected chi connectivity index (χ2v) is 6.62. The maximum absolute atomic E-state index is 12.7. The van der Waals surface area contributed by atoms with Gasteiger partial charge in [-0.3, -0.25) is 9.59 Å². The number of nitrogens with zero attached hydrogens (tertiary/aromatic N) is 1. The van der Waals surface area contributed by atoms with E-state index in [2.05, 4.69) is 0 Å². The molecule has 26 heavy (non-hydrogen) atoms. The molecule has 144 valence electrons. The monoisotopic (exact) mass is 365 g/mol. The largest absolute Gasteiger partial charge is 0.497 e. The van der Waals surface area contributed by atoms with E-state index in [1.165, 1.54) is 7.11 Å². The highest BCUT2D eigenvalue weighted by atomic mass is 16.5. The van der Waals surface area contributed by atoms with E-state index < -0.39 is 11.4 Å². The minimum Gasteiger partial charge on any atom is -0.497 e. The van der Waals surface area contributed by atoms with Gasteiger partial charge in [0.05, 0.1) is 20.8 Å². The van der Waals surface area contributed by atoms with Crippen molar-refractivity contribution in [2.45, 2.75) is 25.7 Å². The molecule has 0 bridgehead atoms. The van der Waals surface area contributed by atoms with Gasteiger partial charge in [-0.2, -0.15) is 0 Å². The number of piperidine rings is 1. The molecule has 1 aromatic rings. The zero-order valence-corrected chi connectivity index (χ0v) is 15.6. The van der Waals surface area contributed by atoms with E-state index in [4.69, 9.17) is 14.2 Å². The maximum Gasteiger partial charge on any atom is 0.313 e. The molecule has 1 saturated heterocycles. The summed E-state index contributed by atoms with van der Waals surface area (Å²) in [6, 6.07) is 5.48. The van der Waals surface area contributed by atoms with Crippen molar-refractivity contribution >= 4 is 11.9 Å². The summed E-state index contributed by atoms with van der Waals surface area (Å²) in [4.78, 5) is 26.0. The van der Waals surface area contributed by atoms with E-state index in [0.717, 1.165) is 5.56 Å². The number of carbonyl (C=O) groups excluding carboxylic acids is 1. The van der Waals surface area contributed by atoms with Crippen molar-refractivity contribution in [3.8, 4) is 11.5 Å². The fraction of sp³-hybridized carbons (Fsp3) is 0.579. The van der Waals surface area contributed by atoms with Crippen LogP contribution in [0.4, 0.5) is 0 Å². The van der Waals surface area contributed by atoms with E-state index in [1.807, 2.05) is 12.1 Å². The van der Waals surface area contributed by atoms with E-state index in [0.29, 0.717) is 37.3 Å². The minimum absolute atomic E-state index is 0.0590. The fourth-order valence-corrected chi connectivity index (χ4v) is 3.45. The first-order valence-corrected chi connectivity index (χ1v) is 8.67. The third-order valence-corrected chi connectivity index (χ3v) is 4.90. The molecular formula is C19H27NO6. The van der Waals surface area contributed by atoms with Gasteiger partial charge in [-0.05, 0) is 43.0 Å². The lowest BCUT2D eigenvalue weighted by Crippen LogP contribution is -2.52. The standard InChI is InChI=1S/C19H27NO6/c1-24-13-19(18(22)23)9-4-10-20(12-19)17(21)8-5-14-11-15(25-2)6-7-16(14)26-3/h6-7,11H,4-5,8-10,12-13H2,1-3H3,(H,22,23). The Labute approximate surface area is 153 Å². The smallest absolute Gasteiger partial charge is 0.313 e. The molecule has 0 aromatic heterocycles. The van der Waals surface area contributed by atoms with E-state index >= 15 is 0 Å². The molecule has 1 N–H and O–H groups in total. The van der Waals surface area contributed by atoms with Crippen molar-refractivity contribution in [3.05, 3.63) is 23.8 Å². The Morgan fingerprint density at radius 3 is 2.62 bits per heavy atom. The normalized spacial score (nSPS) is 19.9. The quantitative estimate of drug-likeness (QED) is 0.758. The highest BCUT2D eigenvalue weighted by Gasteiger charge is 2.43. The second kappa shape index (κ2) is 8.89. The van der Waals surface area contributed by atoms with Gasteiger partial charge in [0.25, 0.3) is 0 Å². The predicted octanol–water partition coefficient (Wildman–Crippen LogP) is 1.98. The number of likely N-dealkylation sites (tertiary alicyclic amines) is 1. The summed E-state index contributed by atoms with van der Waals surface area (Å²) in [7, 11) is 4.66. The number of aliphatic carboxylic acids is 1. The molecule has 0 radical (unpaired) electrons. The molecule has 1 heterocycles. The lowest BCUT2D eigenvalue weighted by Gasteiger charge is -2.39. The van der Waals surface area contributed by atoms with Gasteiger partial charge in [0.2, 0.25) is 5.91 Å². The first-order chi connectivity index (χ1) is 12.5. The van der Waals surface area contributed by atoms with Crippen LogP contribution in [-0.4, -0.2) is 62.9 Å². The Morgan fingerprint density at radius 1 is 1.23 bits per heavy atom. The summed E-state index contributed by atoms with van der Waals surface area (Å²) in [5.41, 5.74) is -0.130. The van der Waals surface area contributed by atoms with Gasteiger partial charge in [0.1, 0.15) is 16.9 Å². The first-order valence-electron chi connectivity index (χ1n) is 8.67. The van der Waals surface area contributed by atoms with E-state index in [9.17, 15) is 14.7 Å². The molecule has 2 rings (SSSR count). The number of carboxylic acids is 1. The van der Waals surface area contributed by atoms with Gasteiger partial charge in [-0.1, -0.05) is 0 Å². The van der Waals surface area contributed by atoms with Crippen molar-refractivity contribution < 1.29 is 28.9 Å². The van der Waals surface area contributed by atoms with Crippen LogP contribution in [0.1, 0.15) is 24.8 Å². The SMILES string of the molecule is COCC1(C(=O)O)CCCN(C(=O)CCc2cc(OC)ccc2OC)C1. The molecule has 7 heteroatoms. The second-order valence-electron chi connectivity index (χ2n) is 6.62. The van der Waals surface area contributed by atoms with Crippen LogP contribution in [0.3, 0.4) is 0 Å². The van der Waals surface area contributed by atoms with Crippen molar-refractivity contribution in [1.82, 2.24) is 4.90 Å². The summed E-state index contributed by atoms with van der Waals surface area (Å²) in [5, 5.41) is 9.60. The summed E-state index contributed by atoms with van der Waals surface area (Å²) in [5.74, 6) is 0.440. The number of carboxylic acid groups (broad SMARTS) is 1. The molecule has 1 aromatic carbocycles. The average molecular weight is 365 g/mol. The summed E-state index contributed by atoms with van der Waals surface area (Å²) < 4.78 is 15.7. The number of amides is 1. The molecule has 1 fully saturated rings. The van der Waals surface area contributed by atoms with E-state index in [-0.39, 0.29) is 25.5 Å². The number of methoxy groups -OCH3 is 3. The van der Waals surface area contributed by atoms with Crippen molar-refractivity contribution in [3.63, 3.8) is 0 Å². The summed E-state index contributed by atoms with van der Waals surface area (Å²) in [6.07, 6.45) is 1.96. The van der Waals surface area contributed by atoms with E-state index in [1.54, 1.807) is 25.2 Å². The summed E-state index contributed by atoms with van der Waals surface area (Å²) in [6.45, 7) is 0.868. The molecule has 0 spiro atoms. The topological polar surface area (TPSA) is 85.3 Å². The van der Waals surface area contributed by atoms with Crippen molar-refractivity contribution in [1.29, 1.82) is 0 Å².